The zero-order chi connectivity index (χ0) is 98.3. The Hall–Kier alpha value is -0.800. The third-order valence-corrected chi connectivity index (χ3v) is 41.0. The van der Waals surface area contributed by atoms with E-state index in [9.17, 15) is 0 Å². The lowest BCUT2D eigenvalue weighted by Gasteiger charge is -2.56. The molecule has 6 unspecified atom stereocenters. The third kappa shape index (κ3) is 30.5. The first-order valence-corrected chi connectivity index (χ1v) is 58.3. The molecule has 0 aromatic heterocycles. The molecule has 20 nitrogen and oxygen atoms in total. The van der Waals surface area contributed by atoms with Gasteiger partial charge in [0.15, 0.2) is 0 Å². The minimum atomic E-state index is 0.544. The van der Waals surface area contributed by atoms with Crippen molar-refractivity contribution in [3.63, 3.8) is 0 Å². The van der Waals surface area contributed by atoms with E-state index in [0.29, 0.717) is 54.9 Å². The smallest absolute Gasteiger partial charge is 0.0346 e. The van der Waals surface area contributed by atoms with Gasteiger partial charge in [-0.1, -0.05) is 6.42 Å². The third-order valence-electron chi connectivity index (χ3n) is 41.0. The van der Waals surface area contributed by atoms with Gasteiger partial charge < -0.3 is 69.0 Å². The van der Waals surface area contributed by atoms with Crippen LogP contribution in [0.4, 0.5) is 0 Å². The summed E-state index contributed by atoms with van der Waals surface area (Å²) in [6, 6.07) is 8.12. The first-order chi connectivity index (χ1) is 63.8. The zero-order valence-corrected chi connectivity index (χ0v) is 95.6. The van der Waals surface area contributed by atoms with Crippen LogP contribution in [0.3, 0.4) is 0 Å². The van der Waals surface area contributed by atoms with Gasteiger partial charge in [-0.2, -0.15) is 0 Å². The predicted octanol–water partition coefficient (Wildman–Crippen LogP) is 17.1. The highest BCUT2D eigenvalue weighted by molar-refractivity contribution is 5.09. The van der Waals surface area contributed by atoms with E-state index in [1.807, 2.05) is 0 Å². The molecule has 0 aromatic rings. The molecular weight excluding hydrogens is 1660 g/mol. The van der Waals surface area contributed by atoms with E-state index in [0.717, 1.165) is 66.5 Å². The number of rotatable bonds is 10. The largest absolute Gasteiger partial charge is 0.309 e. The monoisotopic (exact) mass is 1890 g/mol. The van der Waals surface area contributed by atoms with Crippen molar-refractivity contribution in [2.24, 2.45) is 21.7 Å². The number of hydrogen-bond donors (Lipinski definition) is 1. The van der Waals surface area contributed by atoms with Gasteiger partial charge >= 0.3 is 0 Å². The summed E-state index contributed by atoms with van der Waals surface area (Å²) in [6.07, 6.45) is 43.8. The normalized spacial score (nSPS) is 33.3. The summed E-state index contributed by atoms with van der Waals surface area (Å²) < 4.78 is 0. The molecule has 135 heavy (non-hydrogen) atoms. The highest BCUT2D eigenvalue weighted by atomic mass is 15.3. The van der Waals surface area contributed by atoms with E-state index in [4.69, 9.17) is 0 Å². The fraction of sp³-hybridized carbons (Fsp3) is 1.00. The Labute approximate surface area is 838 Å². The van der Waals surface area contributed by atoms with Gasteiger partial charge in [-0.3, -0.25) is 29.4 Å². The molecule has 0 bridgehead atoms. The van der Waals surface area contributed by atoms with Crippen LogP contribution in [0, 0.1) is 21.7 Å². The fourth-order valence-electron chi connectivity index (χ4n) is 29.6. The molecule has 0 aromatic carbocycles. The first-order valence-electron chi connectivity index (χ1n) is 58.3. The van der Waals surface area contributed by atoms with Gasteiger partial charge in [-0.25, -0.2) is 0 Å². The van der Waals surface area contributed by atoms with Crippen LogP contribution < -0.4 is 5.32 Å². The van der Waals surface area contributed by atoms with Crippen molar-refractivity contribution in [2.75, 3.05) is 279 Å². The van der Waals surface area contributed by atoms with Crippen molar-refractivity contribution in [2.45, 2.75) is 444 Å². The summed E-state index contributed by atoms with van der Waals surface area (Å²) in [4.78, 5) is 49.2. The standard InChI is InChI=1S/5C12H24N2.5C11H22N2/c1-11(2)14-8-5-12(6-9-14)4-7-13(3)10-12;1-11(2)14-9-6-12(10-14)4-7-13(3)8-5-12;1-11(2)14-9-6-12(7-10-14)5-4-8-13(12)3;1-11(2)14-8-6-12(10-14)5-4-7-13(3)9-12;1-11(2)14-9-7-12(10-14)6-4-5-8-13(12)3;1-10(2)13-8-5-11(6-9-13)4-7-12(11)3;1-10(2)13-7-5-11(9-13)4-6-12(3)8-11;1-9(2)13-6-4-11(5-7-13)8-10(3)12-11;1-10(2)13-7-4-5-11(9-13)6-8-12(11)3;1-10(2)13-8-6-11(9-13)5-4-7-12(11)3/h5*11H,4-10H2,1-3H3;2*10H,4-9H2,1-3H3;9-10,12H,4-8H2,1-3H3;2*10H,4-9H2,1-3H3. The minimum absolute atomic E-state index is 0.544. The highest BCUT2D eigenvalue weighted by Gasteiger charge is 2.52. The molecule has 0 radical (unpaired) electrons. The Morgan fingerprint density at radius 1 is 0.178 bits per heavy atom. The second-order valence-corrected chi connectivity index (χ2v) is 53.3. The lowest BCUT2D eigenvalue weighted by atomic mass is 9.75. The molecule has 0 amide bonds. The van der Waals surface area contributed by atoms with E-state index in [1.165, 1.54) is 415 Å². The quantitative estimate of drug-likeness (QED) is 0.225. The van der Waals surface area contributed by atoms with Crippen molar-refractivity contribution < 1.29 is 0 Å². The van der Waals surface area contributed by atoms with Gasteiger partial charge in [0.05, 0.1) is 0 Å². The molecule has 0 saturated carbocycles. The van der Waals surface area contributed by atoms with Crippen molar-refractivity contribution in [3.8, 4) is 0 Å². The summed E-state index contributed by atoms with van der Waals surface area (Å²) in [7, 11) is 20.6. The van der Waals surface area contributed by atoms with Gasteiger partial charge in [0.2, 0.25) is 0 Å². The number of nitrogens with one attached hydrogen (secondary N) is 1. The molecule has 20 aliphatic rings. The zero-order valence-electron chi connectivity index (χ0n) is 95.6. The second kappa shape index (κ2) is 50.7. The summed E-state index contributed by atoms with van der Waals surface area (Å²) in [5.41, 5.74) is 6.13. The Morgan fingerprint density at radius 3 is 0.719 bits per heavy atom. The van der Waals surface area contributed by atoms with Gasteiger partial charge in [0.1, 0.15) is 0 Å². The lowest BCUT2D eigenvalue weighted by Crippen LogP contribution is -2.66. The van der Waals surface area contributed by atoms with Gasteiger partial charge in [0, 0.05) is 224 Å². The summed E-state index contributed by atoms with van der Waals surface area (Å²) in [5.74, 6) is 0. The molecule has 20 fully saturated rings. The van der Waals surface area contributed by atoms with Crippen LogP contribution in [-0.4, -0.2) is 472 Å². The van der Waals surface area contributed by atoms with Crippen molar-refractivity contribution in [1.82, 2.24) is 98.4 Å². The van der Waals surface area contributed by atoms with Gasteiger partial charge in [0.25, 0.3) is 0 Å². The summed E-state index contributed by atoms with van der Waals surface area (Å²) >= 11 is 0. The predicted molar refractivity (Wildman–Crippen MR) is 582 cm³/mol. The van der Waals surface area contributed by atoms with Crippen LogP contribution in [0.2, 0.25) is 0 Å². The molecule has 1 N–H and O–H groups in total. The van der Waals surface area contributed by atoms with E-state index < -0.39 is 0 Å². The van der Waals surface area contributed by atoms with E-state index >= 15 is 0 Å². The topological polar surface area (TPSA) is 73.6 Å². The molecule has 6 atom stereocenters. The molecule has 20 heterocycles. The van der Waals surface area contributed by atoms with Crippen LogP contribution in [0.25, 0.3) is 0 Å². The Morgan fingerprint density at radius 2 is 0.400 bits per heavy atom. The molecule has 0 aliphatic carbocycles. The van der Waals surface area contributed by atoms with Gasteiger partial charge in [-0.05, 0) is 515 Å². The fourth-order valence-corrected chi connectivity index (χ4v) is 29.6. The van der Waals surface area contributed by atoms with E-state index in [-0.39, 0.29) is 0 Å². The number of likely N-dealkylation sites (tertiary alicyclic amines) is 19. The second-order valence-electron chi connectivity index (χ2n) is 53.3. The molecule has 20 aliphatic heterocycles. The maximum Gasteiger partial charge on any atom is 0.0346 e. The van der Waals surface area contributed by atoms with Crippen LogP contribution in [0.15, 0.2) is 0 Å². The SMILES string of the molecule is CC(C)N1CCC2(CC1)CCN2C.CC(C)N1CCC2(CCCCN2C)C1.CC(C)N1CCC2(CCCN(C)C2)C1.CC(C)N1CCC2(CCCN2C)C1.CC(C)N1CCC2(CCCN2C)CC1.CC(C)N1CCC2(CCN(C)C2)C1.CC(C)N1CCC2(CCN(C)C2)CC1.CC(C)N1CCC2(CCN(C)CC2)C1.CC(C)N1CCCC2(CCN2C)C1.CC1CC2(CCN(C(C)C)CC2)N1. The summed E-state index contributed by atoms with van der Waals surface area (Å²) in [6.45, 7) is 92.1. The van der Waals surface area contributed by atoms with Crippen LogP contribution in [0.5, 0.6) is 0 Å². The molecular formula is C115H230N20. The number of likely N-dealkylation sites (N-methyl/N-ethyl adjacent to an activating group) is 3. The maximum atomic E-state index is 3.69. The Balaban J connectivity index is 0.000000144. The highest BCUT2D eigenvalue weighted by Crippen LogP contribution is 2.48. The first kappa shape index (κ1) is 115. The van der Waals surface area contributed by atoms with E-state index in [2.05, 4.69) is 307 Å². The summed E-state index contributed by atoms with van der Waals surface area (Å²) in [5, 5.41) is 3.69. The van der Waals surface area contributed by atoms with Crippen molar-refractivity contribution in [3.05, 3.63) is 0 Å². The van der Waals surface area contributed by atoms with Crippen LogP contribution in [-0.2, 0) is 0 Å². The average Bonchev–Trinajstić information content (AvgIpc) is 1.78. The van der Waals surface area contributed by atoms with Gasteiger partial charge in [-0.15, -0.1) is 0 Å². The Kier molecular flexibility index (Phi) is 43.0. The molecule has 20 heteroatoms. The van der Waals surface area contributed by atoms with Crippen LogP contribution in [0.1, 0.15) is 344 Å². The average molecular weight is 1890 g/mol. The van der Waals surface area contributed by atoms with E-state index in [1.54, 1.807) is 0 Å². The maximum absolute atomic E-state index is 3.69. The molecule has 20 saturated heterocycles. The molecule has 20 rings (SSSR count). The number of piperidine rings is 8. The molecule has 790 valence electrons. The minimum Gasteiger partial charge on any atom is -0.309 e. The van der Waals surface area contributed by atoms with Crippen LogP contribution >= 0.6 is 0 Å². The Bertz CT molecular complexity index is 3340. The number of hydrogen-bond acceptors (Lipinski definition) is 20. The van der Waals surface area contributed by atoms with Crippen molar-refractivity contribution >= 4 is 0 Å². The number of nitrogens with zero attached hydrogens (tertiary/aromatic N) is 19. The van der Waals surface area contributed by atoms with Crippen molar-refractivity contribution in [1.29, 1.82) is 0 Å². The molecule has 10 spiro atoms. The lowest BCUT2D eigenvalue weighted by molar-refractivity contribution is -0.0549.